The van der Waals surface area contributed by atoms with Crippen molar-refractivity contribution in [3.8, 4) is 5.75 Å². The smallest absolute Gasteiger partial charge is 0.341 e. The van der Waals surface area contributed by atoms with Gasteiger partial charge in [0, 0.05) is 9.90 Å². The summed E-state index contributed by atoms with van der Waals surface area (Å²) in [5.74, 6) is -0.422. The van der Waals surface area contributed by atoms with Gasteiger partial charge < -0.3 is 14.8 Å². The molecule has 7 heteroatoms. The number of anilines is 1. The Morgan fingerprint density at radius 3 is 2.60 bits per heavy atom. The normalized spacial score (nSPS) is 10.4. The molecule has 0 aliphatic carbocycles. The van der Waals surface area contributed by atoms with E-state index in [-0.39, 0.29) is 6.61 Å². The molecule has 0 unspecified atom stereocenters. The van der Waals surface area contributed by atoms with E-state index in [0.29, 0.717) is 33.3 Å². The highest BCUT2D eigenvalue weighted by Crippen LogP contribution is 2.35. The number of rotatable bonds is 6. The largest absolute Gasteiger partial charge is 0.496 e. The Labute approximate surface area is 155 Å². The molecule has 134 valence electrons. The summed E-state index contributed by atoms with van der Waals surface area (Å²) in [5, 5.41) is 3.70. The number of carbonyl (C=O) groups is 2. The van der Waals surface area contributed by atoms with Crippen molar-refractivity contribution in [3.63, 3.8) is 0 Å². The molecule has 1 N–H and O–H groups in total. The van der Waals surface area contributed by atoms with Crippen molar-refractivity contribution in [2.75, 3.05) is 19.0 Å². The highest BCUT2D eigenvalue weighted by molar-refractivity contribution is 7.16. The van der Waals surface area contributed by atoms with Gasteiger partial charge in [0.25, 0.3) is 5.91 Å². The van der Waals surface area contributed by atoms with Crippen molar-refractivity contribution in [2.45, 2.75) is 27.2 Å². The fourth-order valence-electron chi connectivity index (χ4n) is 2.54. The zero-order chi connectivity index (χ0) is 18.6. The molecule has 0 saturated carbocycles. The minimum Gasteiger partial charge on any atom is -0.496 e. The molecule has 0 atom stereocenters. The predicted octanol–water partition coefficient (Wildman–Crippen LogP) is 4.71. The number of esters is 1. The van der Waals surface area contributed by atoms with Crippen LogP contribution < -0.4 is 10.1 Å². The van der Waals surface area contributed by atoms with E-state index in [4.69, 9.17) is 21.1 Å². The van der Waals surface area contributed by atoms with Gasteiger partial charge in [-0.05, 0) is 44.0 Å². The quantitative estimate of drug-likeness (QED) is 0.736. The average molecular weight is 382 g/mol. The molecule has 0 bridgehead atoms. The van der Waals surface area contributed by atoms with E-state index in [1.54, 1.807) is 19.1 Å². The van der Waals surface area contributed by atoms with Gasteiger partial charge in [-0.25, -0.2) is 4.79 Å². The number of thiophene rings is 1. The number of hydrogen-bond donors (Lipinski definition) is 1. The third kappa shape index (κ3) is 4.14. The summed E-state index contributed by atoms with van der Waals surface area (Å²) in [4.78, 5) is 26.0. The predicted molar refractivity (Wildman–Crippen MR) is 100 cm³/mol. The summed E-state index contributed by atoms with van der Waals surface area (Å²) in [6.07, 6.45) is 0.673. The van der Waals surface area contributed by atoms with Crippen LogP contribution in [0.15, 0.2) is 18.2 Å². The van der Waals surface area contributed by atoms with Gasteiger partial charge >= 0.3 is 5.97 Å². The zero-order valence-corrected chi connectivity index (χ0v) is 16.1. The molecule has 0 aliphatic rings. The van der Waals surface area contributed by atoms with E-state index in [9.17, 15) is 9.59 Å². The Balaban J connectivity index is 2.42. The summed E-state index contributed by atoms with van der Waals surface area (Å²) < 4.78 is 10.4. The monoisotopic (exact) mass is 381 g/mol. The van der Waals surface area contributed by atoms with E-state index >= 15 is 0 Å². The average Bonchev–Trinajstić information content (AvgIpc) is 2.90. The molecule has 0 radical (unpaired) electrons. The number of carbonyl (C=O) groups excluding carboxylic acids is 2. The second kappa shape index (κ2) is 8.36. The van der Waals surface area contributed by atoms with Crippen LogP contribution in [0.1, 0.15) is 45.0 Å². The van der Waals surface area contributed by atoms with Crippen LogP contribution in [0.25, 0.3) is 0 Å². The SMILES string of the molecule is CCOC(=O)c1c(NC(=O)c2cc(Cl)ccc2OC)sc(C)c1CC. The number of benzene rings is 1. The van der Waals surface area contributed by atoms with Gasteiger partial charge in [-0.15, -0.1) is 11.3 Å². The highest BCUT2D eigenvalue weighted by atomic mass is 35.5. The summed E-state index contributed by atoms with van der Waals surface area (Å²) in [6.45, 7) is 5.90. The Morgan fingerprint density at radius 1 is 1.28 bits per heavy atom. The van der Waals surface area contributed by atoms with Gasteiger partial charge in [-0.2, -0.15) is 0 Å². The number of aryl methyl sites for hydroxylation is 1. The van der Waals surface area contributed by atoms with Crippen LogP contribution in [-0.4, -0.2) is 25.6 Å². The first kappa shape index (κ1) is 19.3. The first-order valence-electron chi connectivity index (χ1n) is 7.87. The standard InChI is InChI=1S/C18H20ClNO4S/c1-5-12-10(3)25-17(15(12)18(22)24-6-2)20-16(21)13-9-11(19)7-8-14(13)23-4/h7-9H,5-6H2,1-4H3,(H,20,21). The topological polar surface area (TPSA) is 64.6 Å². The van der Waals surface area contributed by atoms with Gasteiger partial charge in [0.05, 0.1) is 24.8 Å². The van der Waals surface area contributed by atoms with E-state index in [1.165, 1.54) is 24.5 Å². The molecule has 1 heterocycles. The van der Waals surface area contributed by atoms with E-state index in [0.717, 1.165) is 10.4 Å². The van der Waals surface area contributed by atoms with E-state index in [1.807, 2.05) is 13.8 Å². The fraction of sp³-hybridized carbons (Fsp3) is 0.333. The second-order valence-corrected chi connectivity index (χ2v) is 6.87. The summed E-state index contributed by atoms with van der Waals surface area (Å²) >= 11 is 7.34. The van der Waals surface area contributed by atoms with Crippen molar-refractivity contribution < 1.29 is 19.1 Å². The van der Waals surface area contributed by atoms with Gasteiger partial charge in [0.15, 0.2) is 0 Å². The van der Waals surface area contributed by atoms with Crippen LogP contribution in [0.4, 0.5) is 5.00 Å². The van der Waals surface area contributed by atoms with E-state index < -0.39 is 11.9 Å². The number of amides is 1. The lowest BCUT2D eigenvalue weighted by atomic mass is 10.1. The second-order valence-electron chi connectivity index (χ2n) is 5.21. The van der Waals surface area contributed by atoms with Crippen LogP contribution in [0.3, 0.4) is 0 Å². The lowest BCUT2D eigenvalue weighted by Gasteiger charge is -2.10. The van der Waals surface area contributed by atoms with E-state index in [2.05, 4.69) is 5.32 Å². The molecule has 25 heavy (non-hydrogen) atoms. The number of halogens is 1. The van der Waals surface area contributed by atoms with Crippen LogP contribution in [0.5, 0.6) is 5.75 Å². The van der Waals surface area contributed by atoms with Crippen molar-refractivity contribution >= 4 is 39.8 Å². The van der Waals surface area contributed by atoms with Gasteiger partial charge in [-0.3, -0.25) is 4.79 Å². The fourth-order valence-corrected chi connectivity index (χ4v) is 3.84. The minimum atomic E-state index is -0.433. The molecule has 5 nitrogen and oxygen atoms in total. The van der Waals surface area contributed by atoms with Crippen molar-refractivity contribution in [1.29, 1.82) is 0 Å². The van der Waals surface area contributed by atoms with Crippen LogP contribution in [-0.2, 0) is 11.2 Å². The Bertz CT molecular complexity index is 801. The maximum atomic E-state index is 12.7. The molecule has 1 aromatic carbocycles. The maximum absolute atomic E-state index is 12.7. The summed E-state index contributed by atoms with van der Waals surface area (Å²) in [5.41, 5.74) is 1.60. The zero-order valence-electron chi connectivity index (χ0n) is 14.6. The molecular weight excluding hydrogens is 362 g/mol. The molecule has 2 rings (SSSR count). The molecular formula is C18H20ClNO4S. The van der Waals surface area contributed by atoms with Gasteiger partial charge in [0.2, 0.25) is 0 Å². The van der Waals surface area contributed by atoms with Crippen molar-refractivity contribution in [2.24, 2.45) is 0 Å². The number of hydrogen-bond acceptors (Lipinski definition) is 5. The Morgan fingerprint density at radius 2 is 2.00 bits per heavy atom. The van der Waals surface area contributed by atoms with Crippen LogP contribution in [0.2, 0.25) is 5.02 Å². The maximum Gasteiger partial charge on any atom is 0.341 e. The first-order valence-corrected chi connectivity index (χ1v) is 9.06. The van der Waals surface area contributed by atoms with Crippen molar-refractivity contribution in [3.05, 3.63) is 44.8 Å². The first-order chi connectivity index (χ1) is 11.9. The third-order valence-electron chi connectivity index (χ3n) is 3.68. The number of ether oxygens (including phenoxy) is 2. The molecule has 2 aromatic rings. The highest BCUT2D eigenvalue weighted by Gasteiger charge is 2.24. The van der Waals surface area contributed by atoms with Crippen LogP contribution in [0, 0.1) is 6.92 Å². The Hall–Kier alpha value is -2.05. The lowest BCUT2D eigenvalue weighted by Crippen LogP contribution is -2.16. The molecule has 1 amide bonds. The van der Waals surface area contributed by atoms with Gasteiger partial charge in [0.1, 0.15) is 10.8 Å². The molecule has 1 aromatic heterocycles. The number of nitrogens with one attached hydrogen (secondary N) is 1. The van der Waals surface area contributed by atoms with Crippen molar-refractivity contribution in [1.82, 2.24) is 0 Å². The van der Waals surface area contributed by atoms with Crippen LogP contribution >= 0.6 is 22.9 Å². The summed E-state index contributed by atoms with van der Waals surface area (Å²) in [7, 11) is 1.48. The lowest BCUT2D eigenvalue weighted by molar-refractivity contribution is 0.0527. The molecule has 0 spiro atoms. The minimum absolute atomic E-state index is 0.270. The van der Waals surface area contributed by atoms with Gasteiger partial charge in [-0.1, -0.05) is 18.5 Å². The molecule has 0 saturated heterocycles. The Kier molecular flexibility index (Phi) is 6.45. The summed E-state index contributed by atoms with van der Waals surface area (Å²) in [6, 6.07) is 4.80. The number of methoxy groups -OCH3 is 1. The molecule has 0 aliphatic heterocycles. The molecule has 0 fully saturated rings. The third-order valence-corrected chi connectivity index (χ3v) is 4.97.